The number of hydrogen-bond acceptors (Lipinski definition) is 3. The molecule has 128 valence electrons. The van der Waals surface area contributed by atoms with E-state index in [0.717, 1.165) is 10.9 Å². The van der Waals surface area contributed by atoms with Crippen LogP contribution in [0.4, 0.5) is 4.39 Å². The van der Waals surface area contributed by atoms with Gasteiger partial charge in [-0.15, -0.1) is 0 Å². The highest BCUT2D eigenvalue weighted by Gasteiger charge is 2.24. The maximum Gasteiger partial charge on any atom is 0.227 e. The van der Waals surface area contributed by atoms with Gasteiger partial charge >= 0.3 is 0 Å². The lowest BCUT2D eigenvalue weighted by molar-refractivity contribution is -0.138. The van der Waals surface area contributed by atoms with Crippen LogP contribution in [0, 0.1) is 5.82 Å². The van der Waals surface area contributed by atoms with E-state index in [0.29, 0.717) is 31.8 Å². The van der Waals surface area contributed by atoms with E-state index in [1.807, 2.05) is 0 Å². The highest BCUT2D eigenvalue weighted by atomic mass is 19.1. The number of benzene rings is 1. The van der Waals surface area contributed by atoms with Crippen LogP contribution in [0.1, 0.15) is 12.5 Å². The number of morpholine rings is 1. The average molecular weight is 333 g/mol. The van der Waals surface area contributed by atoms with E-state index in [9.17, 15) is 14.0 Å². The van der Waals surface area contributed by atoms with Crippen LogP contribution in [0.5, 0.6) is 0 Å². The minimum absolute atomic E-state index is 0.00338. The van der Waals surface area contributed by atoms with E-state index < -0.39 is 0 Å². The van der Waals surface area contributed by atoms with Crippen molar-refractivity contribution in [2.75, 3.05) is 26.2 Å². The molecule has 0 saturated carbocycles. The van der Waals surface area contributed by atoms with Crippen molar-refractivity contribution in [1.29, 1.82) is 0 Å². The van der Waals surface area contributed by atoms with E-state index in [4.69, 9.17) is 4.74 Å². The molecule has 24 heavy (non-hydrogen) atoms. The maximum atomic E-state index is 13.2. The molecule has 1 aromatic carbocycles. The molecule has 7 heteroatoms. The zero-order chi connectivity index (χ0) is 17.1. The van der Waals surface area contributed by atoms with Crippen molar-refractivity contribution in [3.8, 4) is 0 Å². The number of aromatic amines is 1. The second-order valence-corrected chi connectivity index (χ2v) is 5.95. The van der Waals surface area contributed by atoms with Crippen molar-refractivity contribution in [2.24, 2.45) is 0 Å². The second-order valence-electron chi connectivity index (χ2n) is 5.95. The fourth-order valence-corrected chi connectivity index (χ4v) is 2.91. The van der Waals surface area contributed by atoms with E-state index in [-0.39, 0.29) is 30.2 Å². The molecule has 1 aliphatic rings. The number of carbonyl (C=O) groups is 2. The molecule has 0 bridgehead atoms. The standard InChI is InChI=1S/C17H20FN3O3/c1-11(22)19-9-14-10-21(4-5-24-14)17(23)6-12-8-20-16-7-13(18)2-3-15(12)16/h2-3,7-8,14,20H,4-6,9-10H2,1H3,(H,19,22)/t14-/m0/s1. The summed E-state index contributed by atoms with van der Waals surface area (Å²) in [5.41, 5.74) is 1.53. The van der Waals surface area contributed by atoms with Crippen LogP contribution >= 0.6 is 0 Å². The lowest BCUT2D eigenvalue weighted by atomic mass is 10.1. The summed E-state index contributed by atoms with van der Waals surface area (Å²) in [6.07, 6.45) is 1.80. The first-order valence-electron chi connectivity index (χ1n) is 7.92. The summed E-state index contributed by atoms with van der Waals surface area (Å²) in [4.78, 5) is 28.3. The molecule has 1 fully saturated rings. The molecule has 0 aliphatic carbocycles. The number of amides is 2. The quantitative estimate of drug-likeness (QED) is 0.883. The number of H-pyrrole nitrogens is 1. The predicted octanol–water partition coefficient (Wildman–Crippen LogP) is 1.21. The number of nitrogens with zero attached hydrogens (tertiary/aromatic N) is 1. The highest BCUT2D eigenvalue weighted by Crippen LogP contribution is 2.20. The normalized spacial score (nSPS) is 17.9. The van der Waals surface area contributed by atoms with Gasteiger partial charge < -0.3 is 19.9 Å². The van der Waals surface area contributed by atoms with Crippen LogP contribution in [0.15, 0.2) is 24.4 Å². The van der Waals surface area contributed by atoms with Gasteiger partial charge in [0.2, 0.25) is 11.8 Å². The molecule has 2 aromatic rings. The van der Waals surface area contributed by atoms with Crippen LogP contribution in [-0.2, 0) is 20.7 Å². The Hall–Kier alpha value is -2.41. The smallest absolute Gasteiger partial charge is 0.227 e. The van der Waals surface area contributed by atoms with Crippen LogP contribution in [-0.4, -0.2) is 54.0 Å². The van der Waals surface area contributed by atoms with E-state index in [1.165, 1.54) is 19.1 Å². The number of halogens is 1. The second kappa shape index (κ2) is 7.00. The third kappa shape index (κ3) is 3.73. The Kier molecular flexibility index (Phi) is 4.80. The first-order chi connectivity index (χ1) is 11.5. The monoisotopic (exact) mass is 333 g/mol. The number of carbonyl (C=O) groups excluding carboxylic acids is 2. The summed E-state index contributed by atoms with van der Waals surface area (Å²) >= 11 is 0. The summed E-state index contributed by atoms with van der Waals surface area (Å²) in [7, 11) is 0. The first kappa shape index (κ1) is 16.4. The SMILES string of the molecule is CC(=O)NC[C@H]1CN(C(=O)Cc2c[nH]c3cc(F)ccc23)CCO1. The summed E-state index contributed by atoms with van der Waals surface area (Å²) in [5.74, 6) is -0.430. The Morgan fingerprint density at radius 2 is 2.29 bits per heavy atom. The van der Waals surface area contributed by atoms with Gasteiger partial charge in [0.05, 0.1) is 19.1 Å². The molecule has 1 aromatic heterocycles. The molecule has 2 heterocycles. The fourth-order valence-electron chi connectivity index (χ4n) is 2.91. The molecule has 2 N–H and O–H groups in total. The van der Waals surface area contributed by atoms with Crippen LogP contribution < -0.4 is 5.32 Å². The summed E-state index contributed by atoms with van der Waals surface area (Å²) in [5, 5.41) is 3.56. The first-order valence-corrected chi connectivity index (χ1v) is 7.92. The number of hydrogen-bond donors (Lipinski definition) is 2. The summed E-state index contributed by atoms with van der Waals surface area (Å²) in [6, 6.07) is 4.49. The van der Waals surface area contributed by atoms with Gasteiger partial charge in [-0.1, -0.05) is 0 Å². The Morgan fingerprint density at radius 3 is 3.08 bits per heavy atom. The maximum absolute atomic E-state index is 13.2. The minimum atomic E-state index is -0.309. The lowest BCUT2D eigenvalue weighted by Crippen LogP contribution is -2.49. The topological polar surface area (TPSA) is 74.4 Å². The number of ether oxygens (including phenoxy) is 1. The van der Waals surface area contributed by atoms with Crippen molar-refractivity contribution in [3.05, 3.63) is 35.8 Å². The van der Waals surface area contributed by atoms with Crippen molar-refractivity contribution in [2.45, 2.75) is 19.4 Å². The molecular weight excluding hydrogens is 313 g/mol. The summed E-state index contributed by atoms with van der Waals surface area (Å²) < 4.78 is 18.8. The molecular formula is C17H20FN3O3. The van der Waals surface area contributed by atoms with E-state index >= 15 is 0 Å². The molecule has 0 spiro atoms. The highest BCUT2D eigenvalue weighted by molar-refractivity contribution is 5.89. The lowest BCUT2D eigenvalue weighted by Gasteiger charge is -2.33. The Bertz CT molecular complexity index is 759. The summed E-state index contributed by atoms with van der Waals surface area (Å²) in [6.45, 7) is 3.29. The Balaban J connectivity index is 1.64. The molecule has 1 atom stereocenters. The molecule has 3 rings (SSSR count). The fraction of sp³-hybridized carbons (Fsp3) is 0.412. The third-order valence-electron chi connectivity index (χ3n) is 4.14. The molecule has 6 nitrogen and oxygen atoms in total. The van der Waals surface area contributed by atoms with E-state index in [2.05, 4.69) is 10.3 Å². The average Bonchev–Trinajstić information content (AvgIpc) is 2.95. The van der Waals surface area contributed by atoms with Crippen LogP contribution in [0.25, 0.3) is 10.9 Å². The zero-order valence-corrected chi connectivity index (χ0v) is 13.5. The zero-order valence-electron chi connectivity index (χ0n) is 13.5. The largest absolute Gasteiger partial charge is 0.373 e. The van der Waals surface area contributed by atoms with Gasteiger partial charge in [0.15, 0.2) is 0 Å². The minimum Gasteiger partial charge on any atom is -0.373 e. The number of aromatic nitrogens is 1. The molecule has 0 unspecified atom stereocenters. The van der Waals surface area contributed by atoms with Gasteiger partial charge in [0.1, 0.15) is 5.82 Å². The van der Waals surface area contributed by atoms with Gasteiger partial charge in [-0.25, -0.2) is 4.39 Å². The van der Waals surface area contributed by atoms with Gasteiger partial charge in [-0.2, -0.15) is 0 Å². The van der Waals surface area contributed by atoms with Gasteiger partial charge in [0.25, 0.3) is 0 Å². The molecule has 1 aliphatic heterocycles. The van der Waals surface area contributed by atoms with Crippen molar-refractivity contribution in [3.63, 3.8) is 0 Å². The van der Waals surface area contributed by atoms with E-state index in [1.54, 1.807) is 17.2 Å². The van der Waals surface area contributed by atoms with Crippen LogP contribution in [0.3, 0.4) is 0 Å². The van der Waals surface area contributed by atoms with Crippen LogP contribution in [0.2, 0.25) is 0 Å². The van der Waals surface area contributed by atoms with Crippen molar-refractivity contribution < 1.29 is 18.7 Å². The van der Waals surface area contributed by atoms with Crippen molar-refractivity contribution in [1.82, 2.24) is 15.2 Å². The van der Waals surface area contributed by atoms with Crippen molar-refractivity contribution >= 4 is 22.7 Å². The van der Waals surface area contributed by atoms with Gasteiger partial charge in [-0.05, 0) is 23.8 Å². The third-order valence-corrected chi connectivity index (χ3v) is 4.14. The molecule has 2 amide bonds. The Labute approximate surface area is 139 Å². The Morgan fingerprint density at radius 1 is 1.46 bits per heavy atom. The number of rotatable bonds is 4. The molecule has 1 saturated heterocycles. The van der Waals surface area contributed by atoms with Gasteiger partial charge in [-0.3, -0.25) is 9.59 Å². The van der Waals surface area contributed by atoms with Gasteiger partial charge in [0, 0.05) is 43.7 Å². The molecule has 0 radical (unpaired) electrons. The number of nitrogens with one attached hydrogen (secondary N) is 2. The number of fused-ring (bicyclic) bond motifs is 1. The predicted molar refractivity (Wildman–Crippen MR) is 87.0 cm³/mol.